The van der Waals surface area contributed by atoms with E-state index in [9.17, 15) is 4.79 Å². The lowest BCUT2D eigenvalue weighted by Gasteiger charge is -2.34. The van der Waals surface area contributed by atoms with Gasteiger partial charge in [-0.05, 0) is 51.1 Å². The minimum atomic E-state index is -0.177. The van der Waals surface area contributed by atoms with Crippen molar-refractivity contribution in [2.24, 2.45) is 4.99 Å². The van der Waals surface area contributed by atoms with Crippen LogP contribution in [-0.2, 0) is 4.79 Å². The topological polar surface area (TPSA) is 73.7 Å². The highest BCUT2D eigenvalue weighted by Crippen LogP contribution is 2.23. The number of hydrogen-bond acceptors (Lipinski definition) is 7. The highest BCUT2D eigenvalue weighted by Gasteiger charge is 2.30. The summed E-state index contributed by atoms with van der Waals surface area (Å²) in [4.78, 5) is 29.7. The van der Waals surface area contributed by atoms with E-state index in [0.717, 1.165) is 63.2 Å². The number of amidine groups is 1. The van der Waals surface area contributed by atoms with Gasteiger partial charge in [0.15, 0.2) is 10.3 Å². The molecule has 3 heterocycles. The Balaban J connectivity index is 1.32. The first-order valence-corrected chi connectivity index (χ1v) is 10.1. The maximum atomic E-state index is 11.7. The molecule has 8 heteroatoms. The van der Waals surface area contributed by atoms with Crippen LogP contribution in [0.3, 0.4) is 0 Å². The Kier molecular flexibility index (Phi) is 6.48. The van der Waals surface area contributed by atoms with Crippen LogP contribution in [0.5, 0.6) is 0 Å². The third-order valence-electron chi connectivity index (χ3n) is 4.59. The van der Waals surface area contributed by atoms with Gasteiger partial charge in [-0.25, -0.2) is 9.97 Å². The molecule has 0 bridgehead atoms. The summed E-state index contributed by atoms with van der Waals surface area (Å²) in [5, 5.41) is 4.33. The van der Waals surface area contributed by atoms with Gasteiger partial charge in [0.2, 0.25) is 5.95 Å². The smallest absolute Gasteiger partial charge is 0.225 e. The van der Waals surface area contributed by atoms with Crippen LogP contribution in [0, 0.1) is 0 Å². The van der Waals surface area contributed by atoms with E-state index >= 15 is 0 Å². The maximum absolute atomic E-state index is 11.7. The van der Waals surface area contributed by atoms with Crippen molar-refractivity contribution in [2.45, 2.75) is 38.6 Å². The van der Waals surface area contributed by atoms with Crippen molar-refractivity contribution in [1.82, 2.24) is 20.2 Å². The molecule has 2 fully saturated rings. The van der Waals surface area contributed by atoms with Gasteiger partial charge in [-0.3, -0.25) is 14.7 Å². The number of unbranched alkanes of at least 4 members (excludes halogenated alkanes) is 1. The van der Waals surface area contributed by atoms with E-state index < -0.39 is 0 Å². The van der Waals surface area contributed by atoms with E-state index in [1.165, 1.54) is 11.8 Å². The Hall–Kier alpha value is -1.67. The largest absolute Gasteiger partial charge is 0.359 e. The monoisotopic (exact) mass is 376 g/mol. The Morgan fingerprint density at radius 1 is 1.19 bits per heavy atom. The van der Waals surface area contributed by atoms with Crippen molar-refractivity contribution in [2.75, 3.05) is 44.2 Å². The summed E-state index contributed by atoms with van der Waals surface area (Å²) in [6.07, 6.45) is 6.31. The molecule has 0 amide bonds. The van der Waals surface area contributed by atoms with Gasteiger partial charge in [0.25, 0.3) is 0 Å². The van der Waals surface area contributed by atoms with Crippen LogP contribution >= 0.6 is 11.8 Å². The fourth-order valence-electron chi connectivity index (χ4n) is 3.19. The second-order valence-electron chi connectivity index (χ2n) is 7.43. The van der Waals surface area contributed by atoms with E-state index in [1.54, 1.807) is 12.4 Å². The predicted molar refractivity (Wildman–Crippen MR) is 107 cm³/mol. The molecule has 0 unspecified atom stereocenters. The summed E-state index contributed by atoms with van der Waals surface area (Å²) >= 11 is 1.25. The fourth-order valence-corrected chi connectivity index (χ4v) is 4.32. The zero-order chi connectivity index (χ0) is 18.4. The molecule has 0 aromatic carbocycles. The number of rotatable bonds is 6. The molecule has 2 saturated heterocycles. The summed E-state index contributed by atoms with van der Waals surface area (Å²) < 4.78 is 0. The molecule has 7 nitrogen and oxygen atoms in total. The van der Waals surface area contributed by atoms with E-state index in [2.05, 4.69) is 30.1 Å². The Bertz CT molecular complexity index is 628. The van der Waals surface area contributed by atoms with Crippen LogP contribution in [0.1, 0.15) is 33.1 Å². The maximum Gasteiger partial charge on any atom is 0.225 e. The molecule has 2 aliphatic heterocycles. The highest BCUT2D eigenvalue weighted by atomic mass is 32.2. The molecule has 0 aliphatic carbocycles. The number of carbonyl (C=O) groups is 1. The van der Waals surface area contributed by atoms with Gasteiger partial charge < -0.3 is 10.2 Å². The highest BCUT2D eigenvalue weighted by molar-refractivity contribution is 8.26. The average molecular weight is 377 g/mol. The molecular formula is C18H28N6OS. The van der Waals surface area contributed by atoms with Gasteiger partial charge >= 0.3 is 0 Å². The third-order valence-corrected chi connectivity index (χ3v) is 5.38. The van der Waals surface area contributed by atoms with Crippen molar-refractivity contribution in [1.29, 1.82) is 0 Å². The molecule has 26 heavy (non-hydrogen) atoms. The first kappa shape index (κ1) is 19.1. The van der Waals surface area contributed by atoms with E-state index in [0.29, 0.717) is 6.42 Å². The molecule has 142 valence electrons. The summed E-state index contributed by atoms with van der Waals surface area (Å²) in [6.45, 7) is 10.0. The van der Waals surface area contributed by atoms with Crippen LogP contribution in [0.15, 0.2) is 23.5 Å². The average Bonchev–Trinajstić information content (AvgIpc) is 2.61. The molecule has 0 spiro atoms. The minimum Gasteiger partial charge on any atom is -0.359 e. The van der Waals surface area contributed by atoms with Crippen LogP contribution in [0.2, 0.25) is 0 Å². The zero-order valence-electron chi connectivity index (χ0n) is 15.6. The number of nitrogens with one attached hydrogen (secondary N) is 1. The summed E-state index contributed by atoms with van der Waals surface area (Å²) in [7, 11) is 0. The van der Waals surface area contributed by atoms with Gasteiger partial charge in [-0.2, -0.15) is 0 Å². The number of piperazine rings is 1. The fraction of sp³-hybridized carbons (Fsp3) is 0.667. The first-order chi connectivity index (χ1) is 12.5. The summed E-state index contributed by atoms with van der Waals surface area (Å²) in [6, 6.07) is 1.85. The first-order valence-electron chi connectivity index (χ1n) is 9.29. The lowest BCUT2D eigenvalue weighted by atomic mass is 10.0. The van der Waals surface area contributed by atoms with Crippen LogP contribution < -0.4 is 10.2 Å². The Morgan fingerprint density at radius 2 is 1.92 bits per heavy atom. The van der Waals surface area contributed by atoms with Gasteiger partial charge in [0, 0.05) is 57.1 Å². The molecule has 0 saturated carbocycles. The van der Waals surface area contributed by atoms with E-state index in [1.807, 2.05) is 19.9 Å². The Labute approximate surface area is 159 Å². The quantitative estimate of drug-likeness (QED) is 0.759. The number of carbonyl (C=O) groups excluding carboxylic acids is 1. The van der Waals surface area contributed by atoms with Gasteiger partial charge in [-0.1, -0.05) is 0 Å². The SMILES string of the molecule is CC1(C)CC(=O)SC(=NCCCCN2CCN(c3ncccn3)CC2)N1. The molecular weight excluding hydrogens is 348 g/mol. The Morgan fingerprint density at radius 3 is 2.62 bits per heavy atom. The van der Waals surface area contributed by atoms with Gasteiger partial charge in [0.05, 0.1) is 0 Å². The van der Waals surface area contributed by atoms with Crippen molar-refractivity contribution < 1.29 is 4.79 Å². The number of nitrogens with zero attached hydrogens (tertiary/aromatic N) is 5. The van der Waals surface area contributed by atoms with Crippen molar-refractivity contribution in [3.05, 3.63) is 18.5 Å². The van der Waals surface area contributed by atoms with Gasteiger partial charge in [0.1, 0.15) is 0 Å². The molecule has 0 atom stereocenters. The standard InChI is InChI=1S/C18H28N6OS/c1-18(2)14-15(25)26-17(22-18)21-6-3-4-9-23-10-12-24(13-11-23)16-19-7-5-8-20-16/h5,7-8H,3-4,6,9-14H2,1-2H3,(H,21,22). The predicted octanol–water partition coefficient (Wildman–Crippen LogP) is 1.77. The van der Waals surface area contributed by atoms with E-state index in [-0.39, 0.29) is 10.7 Å². The molecule has 1 aromatic heterocycles. The number of anilines is 1. The molecule has 0 radical (unpaired) electrons. The number of thioether (sulfide) groups is 1. The summed E-state index contributed by atoms with van der Waals surface area (Å²) in [5.41, 5.74) is -0.177. The molecule has 2 aliphatic rings. The molecule has 1 aromatic rings. The van der Waals surface area contributed by atoms with Crippen LogP contribution in [0.4, 0.5) is 5.95 Å². The van der Waals surface area contributed by atoms with Crippen molar-refractivity contribution in [3.63, 3.8) is 0 Å². The molecule has 1 N–H and O–H groups in total. The lowest BCUT2D eigenvalue weighted by Crippen LogP contribution is -2.47. The normalized spacial score (nSPS) is 22.5. The third kappa shape index (κ3) is 5.67. The van der Waals surface area contributed by atoms with Crippen LogP contribution in [-0.4, -0.2) is 70.0 Å². The summed E-state index contributed by atoms with van der Waals surface area (Å²) in [5.74, 6) is 0.831. The lowest BCUT2D eigenvalue weighted by molar-refractivity contribution is -0.112. The van der Waals surface area contributed by atoms with E-state index in [4.69, 9.17) is 0 Å². The number of aliphatic imine (C=N–C) groups is 1. The second kappa shape index (κ2) is 8.81. The number of aromatic nitrogens is 2. The van der Waals surface area contributed by atoms with Crippen molar-refractivity contribution >= 4 is 28.0 Å². The zero-order valence-corrected chi connectivity index (χ0v) is 16.5. The minimum absolute atomic E-state index is 0.177. The van der Waals surface area contributed by atoms with Gasteiger partial charge in [-0.15, -0.1) is 0 Å². The number of hydrogen-bond donors (Lipinski definition) is 1. The van der Waals surface area contributed by atoms with Crippen LogP contribution in [0.25, 0.3) is 0 Å². The second-order valence-corrected chi connectivity index (χ2v) is 8.48. The molecule has 3 rings (SSSR count). The van der Waals surface area contributed by atoms with Crippen molar-refractivity contribution in [3.8, 4) is 0 Å².